The van der Waals surface area contributed by atoms with Crippen molar-refractivity contribution in [3.05, 3.63) is 0 Å². The van der Waals surface area contributed by atoms with Gasteiger partial charge < -0.3 is 25.0 Å². The Bertz CT molecular complexity index is 199. The summed E-state index contributed by atoms with van der Waals surface area (Å²) < 4.78 is 10.5. The van der Waals surface area contributed by atoms with Crippen LogP contribution in [-0.2, 0) is 14.3 Å². The number of hydrogen-bond donors (Lipinski definition) is 3. The molecule has 0 spiro atoms. The molecule has 0 unspecified atom stereocenters. The standard InChI is InChI=1S/C9H17NO5/c11-2-4-15-8-6-14-3-1-7(8)10-9(13)5-12/h7-8,11-12H,1-6H2,(H,10,13)/t7-,8-/m1/s1. The summed E-state index contributed by atoms with van der Waals surface area (Å²) in [6.07, 6.45) is 0.406. The molecule has 0 aliphatic carbocycles. The van der Waals surface area contributed by atoms with Gasteiger partial charge in [-0.05, 0) is 6.42 Å². The largest absolute Gasteiger partial charge is 0.394 e. The third kappa shape index (κ3) is 4.13. The summed E-state index contributed by atoms with van der Waals surface area (Å²) >= 11 is 0. The Labute approximate surface area is 88.2 Å². The molecule has 1 amide bonds. The highest BCUT2D eigenvalue weighted by atomic mass is 16.5. The van der Waals surface area contributed by atoms with Crippen LogP contribution < -0.4 is 5.32 Å². The Morgan fingerprint density at radius 2 is 2.33 bits per heavy atom. The van der Waals surface area contributed by atoms with E-state index in [1.165, 1.54) is 0 Å². The number of rotatable bonds is 5. The van der Waals surface area contributed by atoms with E-state index >= 15 is 0 Å². The fourth-order valence-electron chi connectivity index (χ4n) is 1.50. The molecular formula is C9H17NO5. The van der Waals surface area contributed by atoms with Crippen molar-refractivity contribution in [1.82, 2.24) is 5.32 Å². The van der Waals surface area contributed by atoms with Crippen molar-refractivity contribution in [2.75, 3.05) is 33.0 Å². The Hall–Kier alpha value is -0.690. The lowest BCUT2D eigenvalue weighted by Gasteiger charge is -2.31. The summed E-state index contributed by atoms with van der Waals surface area (Å²) in [5.41, 5.74) is 0. The Morgan fingerprint density at radius 3 is 3.00 bits per heavy atom. The highest BCUT2D eigenvalue weighted by molar-refractivity contribution is 5.77. The second-order valence-electron chi connectivity index (χ2n) is 3.33. The van der Waals surface area contributed by atoms with Crippen LogP contribution in [0.15, 0.2) is 0 Å². The number of aliphatic hydroxyl groups is 2. The third-order valence-corrected chi connectivity index (χ3v) is 2.22. The molecule has 1 aliphatic rings. The molecule has 1 fully saturated rings. The monoisotopic (exact) mass is 219 g/mol. The zero-order valence-electron chi connectivity index (χ0n) is 8.52. The fraction of sp³-hybridized carbons (Fsp3) is 0.889. The molecule has 3 N–H and O–H groups in total. The van der Waals surface area contributed by atoms with Gasteiger partial charge in [0.05, 0.1) is 25.9 Å². The molecule has 15 heavy (non-hydrogen) atoms. The van der Waals surface area contributed by atoms with Crippen LogP contribution in [0.3, 0.4) is 0 Å². The summed E-state index contributed by atoms with van der Waals surface area (Å²) in [6.45, 7) is 0.604. The van der Waals surface area contributed by atoms with Crippen LogP contribution in [-0.4, -0.2) is 61.3 Å². The normalized spacial score (nSPS) is 26.3. The van der Waals surface area contributed by atoms with Crippen LogP contribution in [0.2, 0.25) is 0 Å². The van der Waals surface area contributed by atoms with Gasteiger partial charge in [0.1, 0.15) is 12.7 Å². The van der Waals surface area contributed by atoms with Crippen molar-refractivity contribution in [2.24, 2.45) is 0 Å². The predicted molar refractivity (Wildman–Crippen MR) is 51.3 cm³/mol. The van der Waals surface area contributed by atoms with Gasteiger partial charge in [-0.1, -0.05) is 0 Å². The van der Waals surface area contributed by atoms with Crippen LogP contribution in [0.1, 0.15) is 6.42 Å². The zero-order valence-corrected chi connectivity index (χ0v) is 8.52. The van der Waals surface area contributed by atoms with Crippen LogP contribution in [0, 0.1) is 0 Å². The van der Waals surface area contributed by atoms with Crippen molar-refractivity contribution in [3.8, 4) is 0 Å². The number of amides is 1. The Morgan fingerprint density at radius 1 is 1.53 bits per heavy atom. The first-order chi connectivity index (χ1) is 7.27. The maximum Gasteiger partial charge on any atom is 0.246 e. The molecule has 1 saturated heterocycles. The highest BCUT2D eigenvalue weighted by Gasteiger charge is 2.27. The lowest BCUT2D eigenvalue weighted by atomic mass is 10.1. The molecule has 1 aliphatic heterocycles. The van der Waals surface area contributed by atoms with Gasteiger partial charge in [-0.25, -0.2) is 0 Å². The lowest BCUT2D eigenvalue weighted by molar-refractivity contribution is -0.129. The Balaban J connectivity index is 2.38. The topological polar surface area (TPSA) is 88.0 Å². The van der Waals surface area contributed by atoms with E-state index in [-0.39, 0.29) is 25.4 Å². The minimum Gasteiger partial charge on any atom is -0.394 e. The number of ether oxygens (including phenoxy) is 2. The van der Waals surface area contributed by atoms with E-state index in [2.05, 4.69) is 5.32 Å². The minimum absolute atomic E-state index is 0.0584. The first-order valence-corrected chi connectivity index (χ1v) is 4.98. The van der Waals surface area contributed by atoms with Crippen molar-refractivity contribution in [3.63, 3.8) is 0 Å². The van der Waals surface area contributed by atoms with Gasteiger partial charge in [0.15, 0.2) is 0 Å². The average molecular weight is 219 g/mol. The summed E-state index contributed by atoms with van der Waals surface area (Å²) in [4.78, 5) is 11.0. The van der Waals surface area contributed by atoms with E-state index in [1.54, 1.807) is 0 Å². The van der Waals surface area contributed by atoms with E-state index in [1.807, 2.05) is 0 Å². The van der Waals surface area contributed by atoms with Crippen LogP contribution >= 0.6 is 0 Å². The van der Waals surface area contributed by atoms with Gasteiger partial charge in [0.25, 0.3) is 0 Å². The number of aliphatic hydroxyl groups excluding tert-OH is 2. The molecule has 1 rings (SSSR count). The second-order valence-corrected chi connectivity index (χ2v) is 3.33. The van der Waals surface area contributed by atoms with Crippen molar-refractivity contribution >= 4 is 5.91 Å². The molecular weight excluding hydrogens is 202 g/mol. The van der Waals surface area contributed by atoms with E-state index < -0.39 is 12.5 Å². The second kappa shape index (κ2) is 6.73. The van der Waals surface area contributed by atoms with Crippen molar-refractivity contribution in [2.45, 2.75) is 18.6 Å². The van der Waals surface area contributed by atoms with Gasteiger partial charge in [-0.2, -0.15) is 0 Å². The average Bonchev–Trinajstić information content (AvgIpc) is 2.28. The number of hydrogen-bond acceptors (Lipinski definition) is 5. The molecule has 0 aromatic carbocycles. The van der Waals surface area contributed by atoms with Gasteiger partial charge in [0.2, 0.25) is 5.91 Å². The summed E-state index contributed by atoms with van der Waals surface area (Å²) in [6, 6.07) is -0.148. The van der Waals surface area contributed by atoms with E-state index in [0.717, 1.165) is 0 Å². The SMILES string of the molecule is O=C(CO)N[C@@H]1CCOC[C@H]1OCCO. The molecule has 6 nitrogen and oxygen atoms in total. The molecule has 2 atom stereocenters. The summed E-state index contributed by atoms with van der Waals surface area (Å²) in [5, 5.41) is 19.9. The Kier molecular flexibility index (Phi) is 5.56. The molecule has 0 aromatic heterocycles. The summed E-state index contributed by atoms with van der Waals surface area (Å²) in [7, 11) is 0. The van der Waals surface area contributed by atoms with Crippen LogP contribution in [0.5, 0.6) is 0 Å². The van der Waals surface area contributed by atoms with Gasteiger partial charge in [0, 0.05) is 6.61 Å². The highest BCUT2D eigenvalue weighted by Crippen LogP contribution is 2.11. The number of carbonyl (C=O) groups excluding carboxylic acids is 1. The first kappa shape index (κ1) is 12.4. The summed E-state index contributed by atoms with van der Waals surface area (Å²) in [5.74, 6) is -0.417. The molecule has 0 radical (unpaired) electrons. The van der Waals surface area contributed by atoms with Gasteiger partial charge in [-0.15, -0.1) is 0 Å². The predicted octanol–water partition coefficient (Wildman–Crippen LogP) is -1.74. The van der Waals surface area contributed by atoms with Gasteiger partial charge in [-0.3, -0.25) is 4.79 Å². The van der Waals surface area contributed by atoms with Crippen molar-refractivity contribution < 1.29 is 24.5 Å². The van der Waals surface area contributed by atoms with Crippen LogP contribution in [0.4, 0.5) is 0 Å². The number of nitrogens with one attached hydrogen (secondary N) is 1. The number of carbonyl (C=O) groups is 1. The molecule has 1 heterocycles. The maximum atomic E-state index is 11.0. The van der Waals surface area contributed by atoms with Crippen molar-refractivity contribution in [1.29, 1.82) is 0 Å². The van der Waals surface area contributed by atoms with E-state index in [9.17, 15) is 4.79 Å². The third-order valence-electron chi connectivity index (χ3n) is 2.22. The molecule has 0 aromatic rings. The van der Waals surface area contributed by atoms with E-state index in [4.69, 9.17) is 19.7 Å². The smallest absolute Gasteiger partial charge is 0.246 e. The van der Waals surface area contributed by atoms with Gasteiger partial charge >= 0.3 is 0 Å². The lowest BCUT2D eigenvalue weighted by Crippen LogP contribution is -2.50. The molecule has 0 saturated carbocycles. The van der Waals surface area contributed by atoms with Crippen LogP contribution in [0.25, 0.3) is 0 Å². The molecule has 6 heteroatoms. The van der Waals surface area contributed by atoms with E-state index in [0.29, 0.717) is 19.6 Å². The maximum absolute atomic E-state index is 11.0. The molecule has 88 valence electrons. The molecule has 0 bridgehead atoms. The first-order valence-electron chi connectivity index (χ1n) is 4.98. The zero-order chi connectivity index (χ0) is 11.1. The quantitative estimate of drug-likeness (QED) is 0.511. The minimum atomic E-state index is -0.524. The fourth-order valence-corrected chi connectivity index (χ4v) is 1.50.